The Morgan fingerprint density at radius 2 is 2.04 bits per heavy atom. The molecule has 2 aromatic heterocycles. The molecule has 144 valence electrons. The lowest BCUT2D eigenvalue weighted by Gasteiger charge is -2.06. The molecule has 28 heavy (non-hydrogen) atoms. The van der Waals surface area contributed by atoms with E-state index in [-0.39, 0.29) is 29.5 Å². The fourth-order valence-corrected chi connectivity index (χ4v) is 3.16. The number of ether oxygens (including phenoxy) is 1. The molecule has 0 fully saturated rings. The monoisotopic (exact) mass is 400 g/mol. The first-order chi connectivity index (χ1) is 13.5. The van der Waals surface area contributed by atoms with Crippen LogP contribution in [0, 0.1) is 0 Å². The number of carbonyl (C=O) groups excluding carboxylic acids is 1. The van der Waals surface area contributed by atoms with Gasteiger partial charge in [-0.25, -0.2) is 17.9 Å². The zero-order chi connectivity index (χ0) is 20.0. The molecule has 1 N–H and O–H groups in total. The molecule has 0 atom stereocenters. The summed E-state index contributed by atoms with van der Waals surface area (Å²) in [6.45, 7) is 3.34. The average Bonchev–Trinajstić information content (AvgIpc) is 3.20. The van der Waals surface area contributed by atoms with Gasteiger partial charge in [0.2, 0.25) is 15.8 Å². The van der Waals surface area contributed by atoms with E-state index in [0.29, 0.717) is 11.4 Å². The second kappa shape index (κ2) is 8.55. The maximum Gasteiger partial charge on any atom is 0.338 e. The minimum Gasteiger partial charge on any atom is -0.452 e. The van der Waals surface area contributed by atoms with Crippen LogP contribution in [-0.2, 0) is 21.4 Å². The lowest BCUT2D eigenvalue weighted by atomic mass is 10.2. The van der Waals surface area contributed by atoms with Crippen molar-refractivity contribution in [3.63, 3.8) is 0 Å². The predicted octanol–water partition coefficient (Wildman–Crippen LogP) is 1.95. The van der Waals surface area contributed by atoms with Crippen molar-refractivity contribution >= 4 is 16.0 Å². The topological polar surface area (TPSA) is 124 Å². The van der Waals surface area contributed by atoms with E-state index in [1.54, 1.807) is 24.5 Å². The highest BCUT2D eigenvalue weighted by molar-refractivity contribution is 7.89. The second-order valence-corrected chi connectivity index (χ2v) is 7.26. The Labute approximate surface area is 161 Å². The highest BCUT2D eigenvalue weighted by atomic mass is 32.2. The van der Waals surface area contributed by atoms with Crippen LogP contribution in [0.4, 0.5) is 0 Å². The van der Waals surface area contributed by atoms with Crippen LogP contribution < -0.4 is 4.72 Å². The van der Waals surface area contributed by atoms with Crippen LogP contribution in [0.5, 0.6) is 0 Å². The third-order valence-corrected chi connectivity index (χ3v) is 4.97. The SMILES string of the molecule is C=CCNS(=O)(=O)c1ccc(C(=O)OCc2nc(-c3cccnc3)no2)cc1. The van der Waals surface area contributed by atoms with Crippen molar-refractivity contribution in [2.75, 3.05) is 6.54 Å². The Kier molecular flexibility index (Phi) is 5.92. The lowest BCUT2D eigenvalue weighted by molar-refractivity contribution is 0.0429. The maximum atomic E-state index is 12.1. The number of hydrogen-bond acceptors (Lipinski definition) is 8. The summed E-state index contributed by atoms with van der Waals surface area (Å²) in [5, 5.41) is 3.80. The molecule has 0 aliphatic carbocycles. The molecule has 9 nitrogen and oxygen atoms in total. The number of rotatable bonds is 8. The Balaban J connectivity index is 1.61. The van der Waals surface area contributed by atoms with Crippen LogP contribution in [0.2, 0.25) is 0 Å². The van der Waals surface area contributed by atoms with Gasteiger partial charge in [0.15, 0.2) is 6.61 Å². The molecular weight excluding hydrogens is 384 g/mol. The molecule has 0 saturated heterocycles. The largest absolute Gasteiger partial charge is 0.452 e. The van der Waals surface area contributed by atoms with E-state index >= 15 is 0 Å². The van der Waals surface area contributed by atoms with Crippen LogP contribution >= 0.6 is 0 Å². The zero-order valence-electron chi connectivity index (χ0n) is 14.6. The molecular formula is C18H16N4O5S. The molecule has 0 unspecified atom stereocenters. The maximum absolute atomic E-state index is 12.1. The van der Waals surface area contributed by atoms with Crippen molar-refractivity contribution in [1.82, 2.24) is 19.8 Å². The molecule has 1 aromatic carbocycles. The van der Waals surface area contributed by atoms with Crippen LogP contribution in [0.25, 0.3) is 11.4 Å². The van der Waals surface area contributed by atoms with Gasteiger partial charge in [0, 0.05) is 24.5 Å². The molecule has 10 heteroatoms. The normalized spacial score (nSPS) is 11.1. The van der Waals surface area contributed by atoms with Crippen LogP contribution in [0.1, 0.15) is 16.2 Å². The van der Waals surface area contributed by atoms with Crippen LogP contribution in [0.15, 0.2) is 70.9 Å². The Hall–Kier alpha value is -3.37. The Bertz CT molecular complexity index is 1060. The van der Waals surface area contributed by atoms with Gasteiger partial charge in [-0.15, -0.1) is 6.58 Å². The number of sulfonamides is 1. The first-order valence-electron chi connectivity index (χ1n) is 8.10. The van der Waals surface area contributed by atoms with E-state index in [2.05, 4.69) is 26.4 Å². The zero-order valence-corrected chi connectivity index (χ0v) is 15.4. The van der Waals surface area contributed by atoms with Gasteiger partial charge < -0.3 is 9.26 Å². The molecule has 2 heterocycles. The fraction of sp³-hybridized carbons (Fsp3) is 0.111. The minimum absolute atomic E-state index is 0.0314. The second-order valence-electron chi connectivity index (χ2n) is 5.49. The van der Waals surface area contributed by atoms with Crippen molar-refractivity contribution in [2.45, 2.75) is 11.5 Å². The van der Waals surface area contributed by atoms with Crippen molar-refractivity contribution < 1.29 is 22.5 Å². The quantitative estimate of drug-likeness (QED) is 0.449. The molecule has 3 aromatic rings. The summed E-state index contributed by atoms with van der Waals surface area (Å²) in [5.74, 6) is -0.190. The molecule has 0 amide bonds. The van der Waals surface area contributed by atoms with Gasteiger partial charge in [-0.2, -0.15) is 4.98 Å². The predicted molar refractivity (Wildman–Crippen MR) is 98.5 cm³/mol. The number of esters is 1. The number of carbonyl (C=O) groups is 1. The molecule has 0 spiro atoms. The van der Waals surface area contributed by atoms with Gasteiger partial charge in [-0.3, -0.25) is 4.98 Å². The smallest absolute Gasteiger partial charge is 0.338 e. The fourth-order valence-electron chi connectivity index (χ4n) is 2.16. The van der Waals surface area contributed by atoms with Crippen molar-refractivity contribution in [2.24, 2.45) is 0 Å². The van der Waals surface area contributed by atoms with E-state index in [0.717, 1.165) is 0 Å². The standard InChI is InChI=1S/C18H16N4O5S/c1-2-9-20-28(24,25)15-7-5-13(6-8-15)18(23)26-12-16-21-17(22-27-16)14-4-3-10-19-11-14/h2-8,10-11,20H,1,9,12H2. The Morgan fingerprint density at radius 1 is 1.25 bits per heavy atom. The highest BCUT2D eigenvalue weighted by Crippen LogP contribution is 2.15. The van der Waals surface area contributed by atoms with Crippen molar-refractivity contribution in [3.05, 3.63) is 72.9 Å². The number of benzene rings is 1. The van der Waals surface area contributed by atoms with Gasteiger partial charge in [-0.1, -0.05) is 11.2 Å². The number of pyridine rings is 1. The van der Waals surface area contributed by atoms with Crippen molar-refractivity contribution in [3.8, 4) is 11.4 Å². The summed E-state index contributed by atoms with van der Waals surface area (Å²) in [4.78, 5) is 20.3. The van der Waals surface area contributed by atoms with Gasteiger partial charge in [0.25, 0.3) is 5.89 Å². The van der Waals surface area contributed by atoms with Gasteiger partial charge >= 0.3 is 5.97 Å². The lowest BCUT2D eigenvalue weighted by Crippen LogP contribution is -2.23. The summed E-state index contributed by atoms with van der Waals surface area (Å²) in [6.07, 6.45) is 4.64. The first kappa shape index (κ1) is 19.4. The molecule has 0 saturated carbocycles. The average molecular weight is 400 g/mol. The number of nitrogens with one attached hydrogen (secondary N) is 1. The summed E-state index contributed by atoms with van der Waals surface area (Å²) < 4.78 is 36.5. The van der Waals surface area contributed by atoms with E-state index in [1.165, 1.54) is 30.3 Å². The van der Waals surface area contributed by atoms with E-state index in [4.69, 9.17) is 9.26 Å². The molecule has 0 radical (unpaired) electrons. The molecule has 3 rings (SSSR count). The number of hydrogen-bond donors (Lipinski definition) is 1. The van der Waals surface area contributed by atoms with E-state index < -0.39 is 16.0 Å². The van der Waals surface area contributed by atoms with Crippen LogP contribution in [0.3, 0.4) is 0 Å². The summed E-state index contributed by atoms with van der Waals surface area (Å²) in [7, 11) is -3.66. The Morgan fingerprint density at radius 3 is 2.71 bits per heavy atom. The number of aromatic nitrogens is 3. The molecule has 0 aliphatic heterocycles. The van der Waals surface area contributed by atoms with E-state index in [1.807, 2.05) is 0 Å². The van der Waals surface area contributed by atoms with Gasteiger partial charge in [-0.05, 0) is 36.4 Å². The van der Waals surface area contributed by atoms with Crippen molar-refractivity contribution in [1.29, 1.82) is 0 Å². The van der Waals surface area contributed by atoms with Gasteiger partial charge in [0.1, 0.15) is 0 Å². The highest BCUT2D eigenvalue weighted by Gasteiger charge is 2.16. The minimum atomic E-state index is -3.66. The summed E-state index contributed by atoms with van der Waals surface area (Å²) >= 11 is 0. The summed E-state index contributed by atoms with van der Waals surface area (Å²) in [6, 6.07) is 8.86. The van der Waals surface area contributed by atoms with Gasteiger partial charge in [0.05, 0.1) is 10.5 Å². The third kappa shape index (κ3) is 4.67. The molecule has 0 bridgehead atoms. The molecule has 0 aliphatic rings. The van der Waals surface area contributed by atoms with E-state index in [9.17, 15) is 13.2 Å². The van der Waals surface area contributed by atoms with Crippen LogP contribution in [-0.4, -0.2) is 36.1 Å². The number of nitrogens with zero attached hydrogens (tertiary/aromatic N) is 3. The summed E-state index contributed by atoms with van der Waals surface area (Å²) in [5.41, 5.74) is 0.861. The first-order valence-corrected chi connectivity index (χ1v) is 9.58. The third-order valence-electron chi connectivity index (χ3n) is 3.53.